The number of rotatable bonds is 9. The molecule has 8 nitrogen and oxygen atoms in total. The third kappa shape index (κ3) is 5.96. The summed E-state index contributed by atoms with van der Waals surface area (Å²) < 4.78 is 12.9. The van der Waals surface area contributed by atoms with Gasteiger partial charge in [0.15, 0.2) is 11.0 Å². The molecule has 9 heteroatoms. The predicted octanol–water partition coefficient (Wildman–Crippen LogP) is 4.71. The van der Waals surface area contributed by atoms with Gasteiger partial charge in [0.05, 0.1) is 24.0 Å². The first-order valence-electron chi connectivity index (χ1n) is 11.4. The van der Waals surface area contributed by atoms with Crippen molar-refractivity contribution in [2.45, 2.75) is 43.9 Å². The zero-order valence-electron chi connectivity index (χ0n) is 19.3. The van der Waals surface area contributed by atoms with E-state index in [0.717, 1.165) is 30.0 Å². The second-order valence-corrected chi connectivity index (χ2v) is 8.99. The van der Waals surface area contributed by atoms with E-state index in [4.69, 9.17) is 9.47 Å². The summed E-state index contributed by atoms with van der Waals surface area (Å²) in [5.41, 5.74) is 1.99. The molecule has 1 saturated carbocycles. The molecule has 178 valence electrons. The maximum Gasteiger partial charge on any atom is 0.338 e. The van der Waals surface area contributed by atoms with E-state index in [-0.39, 0.29) is 17.6 Å². The van der Waals surface area contributed by atoms with Gasteiger partial charge in [0.25, 0.3) is 0 Å². The van der Waals surface area contributed by atoms with E-state index in [1.165, 1.54) is 24.6 Å². The minimum atomic E-state index is -0.384. The quantitative estimate of drug-likeness (QED) is 0.350. The molecule has 34 heavy (non-hydrogen) atoms. The van der Waals surface area contributed by atoms with E-state index in [0.29, 0.717) is 29.1 Å². The number of thioether (sulfide) groups is 1. The van der Waals surface area contributed by atoms with Gasteiger partial charge in [-0.25, -0.2) is 4.79 Å². The van der Waals surface area contributed by atoms with Gasteiger partial charge in [-0.2, -0.15) is 0 Å². The fourth-order valence-corrected chi connectivity index (χ4v) is 4.52. The molecule has 1 aliphatic rings. The van der Waals surface area contributed by atoms with E-state index in [2.05, 4.69) is 15.5 Å². The molecule has 1 aliphatic carbocycles. The molecule has 0 saturated heterocycles. The number of esters is 1. The van der Waals surface area contributed by atoms with Gasteiger partial charge in [0.1, 0.15) is 5.75 Å². The molecule has 2 aromatic carbocycles. The molecule has 1 aromatic heterocycles. The summed E-state index contributed by atoms with van der Waals surface area (Å²) in [6.07, 6.45) is 5.05. The smallest absolute Gasteiger partial charge is 0.338 e. The molecule has 1 N–H and O–H groups in total. The number of hydrogen-bond donors (Lipinski definition) is 1. The summed E-state index contributed by atoms with van der Waals surface area (Å²) in [5.74, 6) is 1.22. The number of ether oxygens (including phenoxy) is 2. The van der Waals surface area contributed by atoms with Gasteiger partial charge in [-0.3, -0.25) is 4.79 Å². The molecule has 0 aliphatic heterocycles. The Morgan fingerprint density at radius 3 is 2.44 bits per heavy atom. The van der Waals surface area contributed by atoms with Crippen molar-refractivity contribution in [3.63, 3.8) is 0 Å². The first-order valence-corrected chi connectivity index (χ1v) is 12.4. The van der Waals surface area contributed by atoms with Crippen molar-refractivity contribution in [2.75, 3.05) is 17.7 Å². The van der Waals surface area contributed by atoms with Crippen molar-refractivity contribution in [2.24, 2.45) is 7.05 Å². The van der Waals surface area contributed by atoms with E-state index in [1.54, 1.807) is 31.2 Å². The molecule has 4 rings (SSSR count). The maximum absolute atomic E-state index is 12.4. The van der Waals surface area contributed by atoms with Crippen molar-refractivity contribution in [1.82, 2.24) is 14.8 Å². The highest BCUT2D eigenvalue weighted by Gasteiger charge is 2.17. The van der Waals surface area contributed by atoms with Gasteiger partial charge in [0.2, 0.25) is 5.91 Å². The predicted molar refractivity (Wildman–Crippen MR) is 131 cm³/mol. The molecule has 0 bridgehead atoms. The van der Waals surface area contributed by atoms with Crippen molar-refractivity contribution in [1.29, 1.82) is 0 Å². The molecular weight excluding hydrogens is 452 g/mol. The lowest BCUT2D eigenvalue weighted by Gasteiger charge is -2.13. The maximum atomic E-state index is 12.4. The second kappa shape index (κ2) is 11.2. The van der Waals surface area contributed by atoms with Crippen molar-refractivity contribution >= 4 is 29.3 Å². The van der Waals surface area contributed by atoms with Crippen LogP contribution in [0.4, 0.5) is 5.69 Å². The second-order valence-electron chi connectivity index (χ2n) is 8.05. The average Bonchev–Trinajstić information content (AvgIpc) is 3.48. The van der Waals surface area contributed by atoms with Gasteiger partial charge in [-0.05, 0) is 81.1 Å². The lowest BCUT2D eigenvalue weighted by atomic mass is 10.2. The van der Waals surface area contributed by atoms with Crippen LogP contribution in [0.1, 0.15) is 43.0 Å². The summed E-state index contributed by atoms with van der Waals surface area (Å²) >= 11 is 1.31. The Balaban J connectivity index is 1.30. The number of amides is 1. The summed E-state index contributed by atoms with van der Waals surface area (Å²) in [6, 6.07) is 14.5. The van der Waals surface area contributed by atoms with Crippen LogP contribution in [0.2, 0.25) is 0 Å². The topological polar surface area (TPSA) is 95.3 Å². The highest BCUT2D eigenvalue weighted by molar-refractivity contribution is 7.99. The fraction of sp³-hybridized carbons (Fsp3) is 0.360. The van der Waals surface area contributed by atoms with Crippen LogP contribution in [0.25, 0.3) is 11.4 Å². The summed E-state index contributed by atoms with van der Waals surface area (Å²) in [7, 11) is 1.88. The van der Waals surface area contributed by atoms with Gasteiger partial charge in [-0.15, -0.1) is 10.2 Å². The number of carbonyl (C=O) groups is 2. The fourth-order valence-electron chi connectivity index (χ4n) is 3.80. The van der Waals surface area contributed by atoms with Gasteiger partial charge in [-0.1, -0.05) is 11.8 Å². The van der Waals surface area contributed by atoms with Crippen LogP contribution in [-0.4, -0.2) is 45.1 Å². The minimum absolute atomic E-state index is 0.174. The Kier molecular flexibility index (Phi) is 7.84. The lowest BCUT2D eigenvalue weighted by molar-refractivity contribution is -0.113. The number of carbonyl (C=O) groups excluding carboxylic acids is 2. The van der Waals surface area contributed by atoms with Crippen LogP contribution in [0, 0.1) is 0 Å². The molecule has 0 atom stereocenters. The van der Waals surface area contributed by atoms with Crippen molar-refractivity contribution < 1.29 is 19.1 Å². The number of aromatic nitrogens is 3. The largest absolute Gasteiger partial charge is 0.490 e. The summed E-state index contributed by atoms with van der Waals surface area (Å²) in [5, 5.41) is 12.0. The first kappa shape index (κ1) is 23.8. The van der Waals surface area contributed by atoms with Crippen LogP contribution in [-0.2, 0) is 16.6 Å². The van der Waals surface area contributed by atoms with E-state index < -0.39 is 0 Å². The summed E-state index contributed by atoms with van der Waals surface area (Å²) in [4.78, 5) is 24.1. The molecule has 1 heterocycles. The number of anilines is 1. The Labute approximate surface area is 203 Å². The molecule has 3 aromatic rings. The van der Waals surface area contributed by atoms with Gasteiger partial charge < -0.3 is 19.4 Å². The van der Waals surface area contributed by atoms with Crippen LogP contribution >= 0.6 is 11.8 Å². The highest BCUT2D eigenvalue weighted by Crippen LogP contribution is 2.27. The Morgan fingerprint density at radius 1 is 1.06 bits per heavy atom. The zero-order chi connectivity index (χ0) is 23.9. The minimum Gasteiger partial charge on any atom is -0.490 e. The Morgan fingerprint density at radius 2 is 1.76 bits per heavy atom. The average molecular weight is 481 g/mol. The van der Waals surface area contributed by atoms with Gasteiger partial charge >= 0.3 is 5.97 Å². The Bertz CT molecular complexity index is 1120. The monoisotopic (exact) mass is 480 g/mol. The van der Waals surface area contributed by atoms with Crippen molar-refractivity contribution in [3.8, 4) is 17.1 Å². The van der Waals surface area contributed by atoms with E-state index >= 15 is 0 Å². The van der Waals surface area contributed by atoms with Crippen LogP contribution < -0.4 is 10.1 Å². The number of nitrogens with one attached hydrogen (secondary N) is 1. The third-order valence-electron chi connectivity index (χ3n) is 5.56. The highest BCUT2D eigenvalue weighted by atomic mass is 32.2. The molecule has 0 radical (unpaired) electrons. The number of hydrogen-bond acceptors (Lipinski definition) is 7. The third-order valence-corrected chi connectivity index (χ3v) is 6.58. The van der Waals surface area contributed by atoms with E-state index in [1.807, 2.05) is 35.9 Å². The Hall–Kier alpha value is -3.33. The summed E-state index contributed by atoms with van der Waals surface area (Å²) in [6.45, 7) is 2.07. The first-order chi connectivity index (χ1) is 16.5. The molecular formula is C25H28N4O4S. The lowest BCUT2D eigenvalue weighted by Crippen LogP contribution is -2.14. The SMILES string of the molecule is CCOC(=O)c1ccc(NC(=O)CSc2nnc(-c3ccc(OC4CCCC4)cc3)n2C)cc1. The number of nitrogens with zero attached hydrogens (tertiary/aromatic N) is 3. The van der Waals surface area contributed by atoms with Crippen LogP contribution in [0.3, 0.4) is 0 Å². The van der Waals surface area contributed by atoms with Crippen LogP contribution in [0.5, 0.6) is 5.75 Å². The van der Waals surface area contributed by atoms with E-state index in [9.17, 15) is 9.59 Å². The van der Waals surface area contributed by atoms with Crippen molar-refractivity contribution in [3.05, 3.63) is 54.1 Å². The molecule has 1 fully saturated rings. The molecule has 0 unspecified atom stereocenters. The number of benzene rings is 2. The van der Waals surface area contributed by atoms with Crippen LogP contribution in [0.15, 0.2) is 53.7 Å². The molecule has 0 spiro atoms. The normalized spacial score (nSPS) is 13.6. The standard InChI is InChI=1S/C25H28N4O4S/c1-3-32-24(31)18-8-12-19(13-9-18)26-22(30)16-34-25-28-27-23(29(25)2)17-10-14-21(15-11-17)33-20-6-4-5-7-20/h8-15,20H,3-7,16H2,1-2H3,(H,26,30). The molecule has 1 amide bonds. The zero-order valence-corrected chi connectivity index (χ0v) is 20.1. The van der Waals surface area contributed by atoms with Gasteiger partial charge in [0, 0.05) is 18.3 Å².